The number of aromatic nitrogens is 4. The number of hydrogen-bond donors (Lipinski definition) is 2. The summed E-state index contributed by atoms with van der Waals surface area (Å²) in [4.78, 5) is 54.7. The van der Waals surface area contributed by atoms with E-state index in [-0.39, 0.29) is 23.6 Å². The van der Waals surface area contributed by atoms with Crippen LogP contribution in [0.1, 0.15) is 50.9 Å². The molecular weight excluding hydrogens is 858 g/mol. The van der Waals surface area contributed by atoms with E-state index in [1.54, 1.807) is 72.2 Å². The van der Waals surface area contributed by atoms with Crippen molar-refractivity contribution in [2.24, 2.45) is 0 Å². The van der Waals surface area contributed by atoms with E-state index in [0.717, 1.165) is 11.1 Å². The Morgan fingerprint density at radius 3 is 1.96 bits per heavy atom. The molecule has 0 radical (unpaired) electrons. The number of likely N-dealkylation sites (N-methyl/N-ethyl adjacent to an activating group) is 1. The van der Waals surface area contributed by atoms with Crippen LogP contribution in [0.2, 0.25) is 10.0 Å². The topological polar surface area (TPSA) is 147 Å². The van der Waals surface area contributed by atoms with Gasteiger partial charge >= 0.3 is 11.9 Å². The molecule has 280 valence electrons. The van der Waals surface area contributed by atoms with Gasteiger partial charge in [0, 0.05) is 51.6 Å². The van der Waals surface area contributed by atoms with Crippen LogP contribution in [0.15, 0.2) is 116 Å². The zero-order chi connectivity index (χ0) is 38.5. The fraction of sp³-hybridized carbons (Fsp3) is 0.200. The lowest BCUT2D eigenvalue weighted by Crippen LogP contribution is -2.46. The molecule has 4 unspecified atom stereocenters. The maximum atomic E-state index is 13.6. The summed E-state index contributed by atoms with van der Waals surface area (Å²) in [5.41, 5.74) is 3.12. The number of imidazole rings is 1. The van der Waals surface area contributed by atoms with Crippen LogP contribution in [0, 0.1) is 3.83 Å². The van der Waals surface area contributed by atoms with Crippen molar-refractivity contribution in [2.45, 2.75) is 37.4 Å². The Hall–Kier alpha value is -5.09. The van der Waals surface area contributed by atoms with Crippen LogP contribution in [0.5, 0.6) is 0 Å². The number of fused-ring (bicyclic) bond motifs is 1. The summed E-state index contributed by atoms with van der Waals surface area (Å²) >= 11 is 14.8. The number of anilines is 1. The van der Waals surface area contributed by atoms with Gasteiger partial charge in [-0.15, -0.1) is 0 Å². The second-order valence-electron chi connectivity index (χ2n) is 12.5. The molecule has 1 aliphatic heterocycles. The molecule has 0 saturated carbocycles. The minimum absolute atomic E-state index is 0.181. The van der Waals surface area contributed by atoms with Crippen molar-refractivity contribution in [2.75, 3.05) is 18.4 Å². The van der Waals surface area contributed by atoms with Crippen LogP contribution in [-0.4, -0.2) is 68.8 Å². The lowest BCUT2D eigenvalue weighted by atomic mass is 9.91. The molecule has 0 bridgehead atoms. The van der Waals surface area contributed by atoms with E-state index in [2.05, 4.69) is 20.6 Å². The smallest absolute Gasteiger partial charge is 0.338 e. The van der Waals surface area contributed by atoms with E-state index in [0.29, 0.717) is 37.4 Å². The van der Waals surface area contributed by atoms with Crippen molar-refractivity contribution in [1.82, 2.24) is 24.8 Å². The first-order chi connectivity index (χ1) is 26.7. The monoisotopic (exact) mass is 890 g/mol. The summed E-state index contributed by atoms with van der Waals surface area (Å²) in [6.45, 7) is 2.41. The lowest BCUT2D eigenvalue weighted by Gasteiger charge is -2.24. The van der Waals surface area contributed by atoms with Gasteiger partial charge in [0.05, 0.1) is 17.5 Å². The molecular formula is C40H33Cl2IN6O6. The summed E-state index contributed by atoms with van der Waals surface area (Å²) < 4.78 is 20.4. The van der Waals surface area contributed by atoms with Gasteiger partial charge in [-0.1, -0.05) is 83.9 Å². The Morgan fingerprint density at radius 2 is 1.40 bits per heavy atom. The van der Waals surface area contributed by atoms with Gasteiger partial charge in [-0.3, -0.25) is 9.36 Å². The predicted octanol–water partition coefficient (Wildman–Crippen LogP) is 7.47. The number of rotatable bonds is 12. The van der Waals surface area contributed by atoms with Gasteiger partial charge in [-0.2, -0.15) is 0 Å². The number of nitrogens with zero attached hydrogens (tertiary/aromatic N) is 4. The summed E-state index contributed by atoms with van der Waals surface area (Å²) in [7, 11) is 0. The van der Waals surface area contributed by atoms with Gasteiger partial charge in [0.25, 0.3) is 5.91 Å². The number of hydrogen-bond acceptors (Lipinski definition) is 10. The number of esters is 2. The first-order valence-corrected chi connectivity index (χ1v) is 19.1. The van der Waals surface area contributed by atoms with E-state index < -0.39 is 42.4 Å². The van der Waals surface area contributed by atoms with E-state index in [9.17, 15) is 14.4 Å². The minimum Gasteiger partial charge on any atom is -0.451 e. The predicted molar refractivity (Wildman–Crippen MR) is 215 cm³/mol. The highest BCUT2D eigenvalue weighted by molar-refractivity contribution is 14.1. The summed E-state index contributed by atoms with van der Waals surface area (Å²) in [5.74, 6) is -1.75. The molecule has 55 heavy (non-hydrogen) atoms. The maximum absolute atomic E-state index is 13.6. The molecule has 3 heterocycles. The van der Waals surface area contributed by atoms with E-state index in [4.69, 9.17) is 42.4 Å². The highest BCUT2D eigenvalue weighted by Gasteiger charge is 2.54. The standard InChI is InChI=1S/C40H33Cl2IN6O6/c1-2-44-36(50)32-31(54-38(51)23-11-5-3-6-12-23)33(55-39(52)24-13-7-4-8-14-24)37(53-32)49-22-46-30-34(47-40(43)48-35(30)49)45-21-29(25-15-9-17-27(41)19-25)26-16-10-18-28(42)20-26/h3-20,22,29,31-33,37H,2,21H2,1H3,(H,44,50)(H,45,47,48). The van der Waals surface area contributed by atoms with Crippen LogP contribution >= 0.6 is 45.8 Å². The second-order valence-corrected chi connectivity index (χ2v) is 14.4. The van der Waals surface area contributed by atoms with Crippen LogP contribution in [0.4, 0.5) is 5.82 Å². The Labute approximate surface area is 339 Å². The SMILES string of the molecule is CCNC(=O)C1OC(n2cnc3c(NCC(c4cccc(Cl)c4)c4cccc(Cl)c4)nc(I)nc32)C(OC(=O)c2ccccc2)C1OC(=O)c1ccccc1. The fourth-order valence-corrected chi connectivity index (χ4v) is 7.28. The number of ether oxygens (including phenoxy) is 3. The molecule has 1 fully saturated rings. The van der Waals surface area contributed by atoms with Crippen molar-refractivity contribution in [3.8, 4) is 0 Å². The Bertz CT molecular complexity index is 2290. The average molecular weight is 892 g/mol. The second kappa shape index (κ2) is 17.1. The highest BCUT2D eigenvalue weighted by atomic mass is 127. The largest absolute Gasteiger partial charge is 0.451 e. The molecule has 2 N–H and O–H groups in total. The van der Waals surface area contributed by atoms with Gasteiger partial charge < -0.3 is 24.8 Å². The molecule has 12 nitrogen and oxygen atoms in total. The number of carbonyl (C=O) groups excluding carboxylic acids is 3. The zero-order valence-electron chi connectivity index (χ0n) is 29.1. The Morgan fingerprint density at radius 1 is 0.818 bits per heavy atom. The van der Waals surface area contributed by atoms with Crippen molar-refractivity contribution < 1.29 is 28.6 Å². The van der Waals surface area contributed by atoms with Crippen molar-refractivity contribution in [3.63, 3.8) is 0 Å². The zero-order valence-corrected chi connectivity index (χ0v) is 32.8. The van der Waals surface area contributed by atoms with Gasteiger partial charge in [-0.05, 0) is 66.6 Å². The molecule has 4 atom stereocenters. The first-order valence-electron chi connectivity index (χ1n) is 17.3. The molecule has 0 aliphatic carbocycles. The highest BCUT2D eigenvalue weighted by Crippen LogP contribution is 2.38. The summed E-state index contributed by atoms with van der Waals surface area (Å²) in [6, 6.07) is 31.9. The Kier molecular flexibility index (Phi) is 11.9. The Balaban J connectivity index is 1.27. The first kappa shape index (κ1) is 38.2. The fourth-order valence-electron chi connectivity index (χ4n) is 6.41. The van der Waals surface area contributed by atoms with Gasteiger partial charge in [0.1, 0.15) is 0 Å². The maximum Gasteiger partial charge on any atom is 0.338 e. The van der Waals surface area contributed by atoms with Gasteiger partial charge in [0.15, 0.2) is 45.4 Å². The van der Waals surface area contributed by atoms with E-state index in [1.807, 2.05) is 71.1 Å². The number of benzene rings is 4. The number of carbonyl (C=O) groups is 3. The lowest BCUT2D eigenvalue weighted by molar-refractivity contribution is -0.137. The molecule has 1 saturated heterocycles. The molecule has 0 spiro atoms. The molecule has 6 aromatic rings. The van der Waals surface area contributed by atoms with Crippen LogP contribution < -0.4 is 10.6 Å². The van der Waals surface area contributed by atoms with Crippen LogP contribution in [-0.2, 0) is 19.0 Å². The van der Waals surface area contributed by atoms with Gasteiger partial charge in [0.2, 0.25) is 0 Å². The van der Waals surface area contributed by atoms with E-state index in [1.165, 1.54) is 6.33 Å². The number of nitrogens with one attached hydrogen (secondary N) is 2. The van der Waals surface area contributed by atoms with Crippen molar-refractivity contribution >= 4 is 80.6 Å². The molecule has 4 aromatic carbocycles. The normalized spacial score (nSPS) is 17.9. The molecule has 15 heteroatoms. The number of amides is 1. The van der Waals surface area contributed by atoms with Crippen molar-refractivity contribution in [1.29, 1.82) is 0 Å². The third-order valence-electron chi connectivity index (χ3n) is 8.95. The third-order valence-corrected chi connectivity index (χ3v) is 9.90. The van der Waals surface area contributed by atoms with Crippen molar-refractivity contribution in [3.05, 3.63) is 152 Å². The van der Waals surface area contributed by atoms with Crippen LogP contribution in [0.3, 0.4) is 0 Å². The van der Waals surface area contributed by atoms with E-state index >= 15 is 0 Å². The van der Waals surface area contributed by atoms with Gasteiger partial charge in [-0.25, -0.2) is 24.5 Å². The summed E-state index contributed by atoms with van der Waals surface area (Å²) in [5, 5.41) is 7.39. The molecule has 7 rings (SSSR count). The number of halogens is 3. The quantitative estimate of drug-likeness (QED) is 0.0721. The molecule has 2 aromatic heterocycles. The minimum atomic E-state index is -1.36. The molecule has 1 amide bonds. The third kappa shape index (κ3) is 8.59. The average Bonchev–Trinajstić information content (AvgIpc) is 3.76. The van der Waals surface area contributed by atoms with Crippen LogP contribution in [0.25, 0.3) is 11.2 Å². The molecule has 1 aliphatic rings. The summed E-state index contributed by atoms with van der Waals surface area (Å²) in [6.07, 6.45) is -3.77.